The Balaban J connectivity index is 2.19. The Morgan fingerprint density at radius 2 is 1.57 bits per heavy atom. The summed E-state index contributed by atoms with van der Waals surface area (Å²) >= 11 is 0. The molecule has 0 aliphatic rings. The van der Waals surface area contributed by atoms with E-state index in [9.17, 15) is 9.90 Å². The van der Waals surface area contributed by atoms with Crippen LogP contribution in [0, 0.1) is 0 Å². The van der Waals surface area contributed by atoms with Gasteiger partial charge in [0.05, 0.1) is 12.2 Å². The minimum atomic E-state index is 0.0218. The molecule has 0 atom stereocenters. The molecule has 3 nitrogen and oxygen atoms in total. The number of ketones is 1. The van der Waals surface area contributed by atoms with E-state index in [0.717, 1.165) is 12.8 Å². The smallest absolute Gasteiger partial charge is 0.166 e. The number of rotatable bonds is 13. The van der Waals surface area contributed by atoms with Gasteiger partial charge in [0.2, 0.25) is 0 Å². The zero-order valence-corrected chi connectivity index (χ0v) is 14.8. The van der Waals surface area contributed by atoms with Gasteiger partial charge in [-0.05, 0) is 25.5 Å². The van der Waals surface area contributed by atoms with E-state index in [-0.39, 0.29) is 11.5 Å². The molecule has 0 unspecified atom stereocenters. The molecule has 1 aromatic carbocycles. The summed E-state index contributed by atoms with van der Waals surface area (Å²) in [5, 5.41) is 9.93. The Labute approximate surface area is 141 Å². The fourth-order valence-corrected chi connectivity index (χ4v) is 2.73. The number of unbranched alkanes of at least 4 members (excludes halogenated alkanes) is 8. The van der Waals surface area contributed by atoms with E-state index < -0.39 is 0 Å². The van der Waals surface area contributed by atoms with Crippen molar-refractivity contribution in [3.8, 4) is 11.5 Å². The Morgan fingerprint density at radius 3 is 2.13 bits per heavy atom. The van der Waals surface area contributed by atoms with E-state index in [2.05, 4.69) is 6.92 Å². The van der Waals surface area contributed by atoms with Crippen molar-refractivity contribution in [1.29, 1.82) is 0 Å². The van der Waals surface area contributed by atoms with Gasteiger partial charge in [-0.2, -0.15) is 0 Å². The number of phenolic OH excluding ortho intramolecular Hbond substituents is 1. The van der Waals surface area contributed by atoms with Crippen LogP contribution in [0.25, 0.3) is 0 Å². The van der Waals surface area contributed by atoms with Gasteiger partial charge in [-0.15, -0.1) is 0 Å². The van der Waals surface area contributed by atoms with Gasteiger partial charge in [0.1, 0.15) is 11.5 Å². The Bertz CT molecular complexity index is 454. The van der Waals surface area contributed by atoms with E-state index >= 15 is 0 Å². The lowest BCUT2D eigenvalue weighted by Gasteiger charge is -2.07. The van der Waals surface area contributed by atoms with Crippen molar-refractivity contribution in [3.63, 3.8) is 0 Å². The molecule has 3 heteroatoms. The van der Waals surface area contributed by atoms with Crippen molar-refractivity contribution in [2.75, 3.05) is 6.61 Å². The first kappa shape index (κ1) is 19.5. The summed E-state index contributed by atoms with van der Waals surface area (Å²) in [5.74, 6) is 0.648. The average molecular weight is 320 g/mol. The van der Waals surface area contributed by atoms with Gasteiger partial charge < -0.3 is 9.84 Å². The van der Waals surface area contributed by atoms with Crippen LogP contribution in [0.3, 0.4) is 0 Å². The van der Waals surface area contributed by atoms with Gasteiger partial charge in [-0.1, -0.05) is 58.3 Å². The number of hydrogen-bond acceptors (Lipinski definition) is 3. The van der Waals surface area contributed by atoms with Gasteiger partial charge in [-0.3, -0.25) is 4.79 Å². The first-order valence-electron chi connectivity index (χ1n) is 9.18. The van der Waals surface area contributed by atoms with Gasteiger partial charge in [-0.25, -0.2) is 0 Å². The van der Waals surface area contributed by atoms with Gasteiger partial charge in [0.25, 0.3) is 0 Å². The summed E-state index contributed by atoms with van der Waals surface area (Å²) in [6.07, 6.45) is 11.6. The van der Waals surface area contributed by atoms with Gasteiger partial charge >= 0.3 is 0 Å². The van der Waals surface area contributed by atoms with Crippen LogP contribution in [-0.4, -0.2) is 17.5 Å². The van der Waals surface area contributed by atoms with Crippen molar-refractivity contribution in [2.24, 2.45) is 0 Å². The highest BCUT2D eigenvalue weighted by atomic mass is 16.5. The number of carbonyl (C=O) groups is 1. The number of Topliss-reactive ketones (excluding diaryl/α,β-unsaturated/α-hetero) is 1. The molecule has 0 bridgehead atoms. The van der Waals surface area contributed by atoms with Crippen LogP contribution in [0.15, 0.2) is 18.2 Å². The van der Waals surface area contributed by atoms with Crippen LogP contribution >= 0.6 is 0 Å². The van der Waals surface area contributed by atoms with Crippen molar-refractivity contribution < 1.29 is 14.6 Å². The molecular formula is C20H32O3. The molecule has 1 aromatic rings. The first-order chi connectivity index (χ1) is 11.2. The van der Waals surface area contributed by atoms with Crippen molar-refractivity contribution >= 4 is 5.78 Å². The minimum absolute atomic E-state index is 0.0218. The maximum atomic E-state index is 12.1. The summed E-state index contributed by atoms with van der Waals surface area (Å²) in [5.41, 5.74) is 0.410. The average Bonchev–Trinajstić information content (AvgIpc) is 2.53. The van der Waals surface area contributed by atoms with E-state index in [0.29, 0.717) is 24.3 Å². The largest absolute Gasteiger partial charge is 0.507 e. The Hall–Kier alpha value is -1.51. The Kier molecular flexibility index (Phi) is 10.2. The van der Waals surface area contributed by atoms with E-state index in [4.69, 9.17) is 4.74 Å². The summed E-state index contributed by atoms with van der Waals surface area (Å²) in [7, 11) is 0. The molecule has 0 aliphatic carbocycles. The van der Waals surface area contributed by atoms with E-state index in [1.807, 2.05) is 6.92 Å². The second-order valence-corrected chi connectivity index (χ2v) is 6.11. The standard InChI is InChI=1S/C20H32O3/c1-3-5-6-7-8-9-10-11-12-13-19(21)18-15-14-17(23-4-2)16-20(18)22/h14-16,22H,3-13H2,1-2H3. The maximum Gasteiger partial charge on any atom is 0.166 e. The number of carbonyl (C=O) groups excluding carboxylic acids is 1. The second kappa shape index (κ2) is 12.0. The zero-order chi connectivity index (χ0) is 16.9. The normalized spacial score (nSPS) is 10.7. The molecule has 1 N–H and O–H groups in total. The third kappa shape index (κ3) is 8.06. The summed E-state index contributed by atoms with van der Waals surface area (Å²) < 4.78 is 5.31. The van der Waals surface area contributed by atoms with Gasteiger partial charge in [0, 0.05) is 12.5 Å². The molecule has 0 saturated heterocycles. The molecule has 23 heavy (non-hydrogen) atoms. The molecule has 0 spiro atoms. The molecule has 0 aliphatic heterocycles. The highest BCUT2D eigenvalue weighted by molar-refractivity contribution is 5.98. The predicted octanol–water partition coefficient (Wildman–Crippen LogP) is 5.89. The number of benzene rings is 1. The topological polar surface area (TPSA) is 46.5 Å². The quantitative estimate of drug-likeness (QED) is 0.364. The van der Waals surface area contributed by atoms with Crippen molar-refractivity contribution in [1.82, 2.24) is 0 Å². The molecule has 0 saturated carbocycles. The first-order valence-corrected chi connectivity index (χ1v) is 9.18. The third-order valence-corrected chi connectivity index (χ3v) is 4.09. The van der Waals surface area contributed by atoms with Crippen LogP contribution in [0.5, 0.6) is 11.5 Å². The minimum Gasteiger partial charge on any atom is -0.507 e. The molecule has 0 radical (unpaired) electrons. The highest BCUT2D eigenvalue weighted by Crippen LogP contribution is 2.25. The number of aromatic hydroxyl groups is 1. The lowest BCUT2D eigenvalue weighted by molar-refractivity contribution is 0.0976. The van der Waals surface area contributed by atoms with E-state index in [1.54, 1.807) is 12.1 Å². The van der Waals surface area contributed by atoms with Crippen LogP contribution in [0.1, 0.15) is 88.4 Å². The van der Waals surface area contributed by atoms with Crippen LogP contribution in [0.2, 0.25) is 0 Å². The lowest BCUT2D eigenvalue weighted by Crippen LogP contribution is -2.00. The fourth-order valence-electron chi connectivity index (χ4n) is 2.73. The SMILES string of the molecule is CCCCCCCCCCCC(=O)c1ccc(OCC)cc1O. The monoisotopic (exact) mass is 320 g/mol. The van der Waals surface area contributed by atoms with Crippen molar-refractivity contribution in [3.05, 3.63) is 23.8 Å². The predicted molar refractivity (Wildman–Crippen MR) is 95.5 cm³/mol. The zero-order valence-electron chi connectivity index (χ0n) is 14.8. The molecule has 1 rings (SSSR count). The number of hydrogen-bond donors (Lipinski definition) is 1. The van der Waals surface area contributed by atoms with Crippen LogP contribution in [-0.2, 0) is 0 Å². The fraction of sp³-hybridized carbons (Fsp3) is 0.650. The summed E-state index contributed by atoms with van der Waals surface area (Å²) in [4.78, 5) is 12.1. The summed E-state index contributed by atoms with van der Waals surface area (Å²) in [6, 6.07) is 4.93. The summed E-state index contributed by atoms with van der Waals surface area (Å²) in [6.45, 7) is 4.67. The Morgan fingerprint density at radius 1 is 0.957 bits per heavy atom. The van der Waals surface area contributed by atoms with Crippen LogP contribution in [0.4, 0.5) is 0 Å². The third-order valence-electron chi connectivity index (χ3n) is 4.09. The van der Waals surface area contributed by atoms with Gasteiger partial charge in [0.15, 0.2) is 5.78 Å². The molecular weight excluding hydrogens is 288 g/mol. The second-order valence-electron chi connectivity index (χ2n) is 6.11. The van der Waals surface area contributed by atoms with E-state index in [1.165, 1.54) is 51.0 Å². The van der Waals surface area contributed by atoms with Crippen molar-refractivity contribution in [2.45, 2.75) is 78.1 Å². The number of ether oxygens (including phenoxy) is 1. The molecule has 0 amide bonds. The lowest BCUT2D eigenvalue weighted by atomic mass is 10.0. The highest BCUT2D eigenvalue weighted by Gasteiger charge is 2.11. The molecule has 0 aromatic heterocycles. The maximum absolute atomic E-state index is 12.1. The molecule has 0 fully saturated rings. The molecule has 130 valence electrons. The molecule has 0 heterocycles. The van der Waals surface area contributed by atoms with Crippen LogP contribution < -0.4 is 4.74 Å². The number of phenols is 1.